The number of nitrogens with zero attached hydrogens (tertiary/aromatic N) is 4. The van der Waals surface area contributed by atoms with Crippen LogP contribution < -0.4 is 0 Å². The smallest absolute Gasteiger partial charge is 0.394 e. The molecule has 17 heavy (non-hydrogen) atoms. The van der Waals surface area contributed by atoms with Gasteiger partial charge in [-0.3, -0.25) is 4.40 Å². The van der Waals surface area contributed by atoms with Crippen molar-refractivity contribution in [1.82, 2.24) is 24.5 Å². The second-order valence-electron chi connectivity index (χ2n) is 3.49. The van der Waals surface area contributed by atoms with Gasteiger partial charge in [-0.25, -0.2) is 9.78 Å². The predicted octanol–water partition coefficient (Wildman–Crippen LogP) is 0.719. The molecule has 0 aliphatic heterocycles. The van der Waals surface area contributed by atoms with E-state index < -0.39 is 11.9 Å². The molecule has 3 aromatic heterocycles. The van der Waals surface area contributed by atoms with E-state index >= 15 is 0 Å². The minimum atomic E-state index is -1.25. The summed E-state index contributed by atoms with van der Waals surface area (Å²) in [7, 11) is 0. The fourth-order valence-electron chi connectivity index (χ4n) is 1.52. The van der Waals surface area contributed by atoms with Gasteiger partial charge in [-0.2, -0.15) is 4.98 Å². The molecule has 0 saturated carbocycles. The molecule has 0 saturated heterocycles. The van der Waals surface area contributed by atoms with Crippen molar-refractivity contribution in [1.29, 1.82) is 0 Å². The first-order chi connectivity index (χ1) is 8.15. The Balaban J connectivity index is 2.10. The second kappa shape index (κ2) is 3.17. The van der Waals surface area contributed by atoms with Gasteiger partial charge in [-0.15, -0.1) is 0 Å². The predicted molar refractivity (Wildman–Crippen MR) is 54.5 cm³/mol. The zero-order valence-corrected chi connectivity index (χ0v) is 8.71. The monoisotopic (exact) mass is 233 g/mol. The normalized spacial score (nSPS) is 11.1. The summed E-state index contributed by atoms with van der Waals surface area (Å²) < 4.78 is 6.38. The van der Waals surface area contributed by atoms with E-state index in [1.807, 2.05) is 11.3 Å². The number of hydrogen-bond acceptors (Lipinski definition) is 5. The Morgan fingerprint density at radius 1 is 1.59 bits per heavy atom. The lowest BCUT2D eigenvalue weighted by atomic mass is 10.4. The molecule has 8 nitrogen and oxygen atoms in total. The molecular formula is C9H7N5O3. The average molecular weight is 233 g/mol. The number of fused-ring (bicyclic) bond motifs is 1. The fraction of sp³-hybridized carbons (Fsp3) is 0.111. The first-order valence-corrected chi connectivity index (χ1v) is 4.75. The molecule has 3 rings (SSSR count). The van der Waals surface area contributed by atoms with E-state index in [0.717, 1.165) is 5.69 Å². The number of aromatic amines is 1. The highest BCUT2D eigenvalue weighted by molar-refractivity contribution is 5.82. The highest BCUT2D eigenvalue weighted by atomic mass is 16.5. The highest BCUT2D eigenvalue weighted by Crippen LogP contribution is 2.16. The summed E-state index contributed by atoms with van der Waals surface area (Å²) in [6.07, 6.45) is 3.45. The van der Waals surface area contributed by atoms with Gasteiger partial charge in [0.05, 0.1) is 6.20 Å². The SMILES string of the molecule is Cc1cnc2[nH]c(-c3noc(C(=O)O)n3)cn12. The Bertz CT molecular complexity index is 707. The summed E-state index contributed by atoms with van der Waals surface area (Å²) in [4.78, 5) is 21.4. The number of nitrogens with one attached hydrogen (secondary N) is 1. The Morgan fingerprint density at radius 2 is 2.41 bits per heavy atom. The summed E-state index contributed by atoms with van der Waals surface area (Å²) in [5.74, 6) is -0.869. The Hall–Kier alpha value is -2.64. The van der Waals surface area contributed by atoms with E-state index in [1.165, 1.54) is 0 Å². The molecule has 0 aliphatic rings. The van der Waals surface area contributed by atoms with Gasteiger partial charge in [0, 0.05) is 11.9 Å². The number of hydrogen-bond donors (Lipinski definition) is 2. The number of carboxylic acid groups (broad SMARTS) is 1. The van der Waals surface area contributed by atoms with Gasteiger partial charge in [0.25, 0.3) is 0 Å². The van der Waals surface area contributed by atoms with Crippen molar-refractivity contribution in [2.45, 2.75) is 6.92 Å². The molecule has 3 heterocycles. The summed E-state index contributed by atoms with van der Waals surface area (Å²) in [6, 6.07) is 0. The molecule has 0 amide bonds. The van der Waals surface area contributed by atoms with Crippen LogP contribution in [0, 0.1) is 6.92 Å². The molecule has 0 atom stereocenters. The van der Waals surface area contributed by atoms with Crippen LogP contribution in [0.15, 0.2) is 16.9 Å². The van der Waals surface area contributed by atoms with Crippen LogP contribution in [0.1, 0.15) is 16.4 Å². The summed E-state index contributed by atoms with van der Waals surface area (Å²) >= 11 is 0. The number of H-pyrrole nitrogens is 1. The van der Waals surface area contributed by atoms with Gasteiger partial charge < -0.3 is 14.6 Å². The third-order valence-corrected chi connectivity index (χ3v) is 2.34. The molecule has 0 radical (unpaired) electrons. The van der Waals surface area contributed by atoms with Gasteiger partial charge in [0.1, 0.15) is 5.69 Å². The molecular weight excluding hydrogens is 226 g/mol. The van der Waals surface area contributed by atoms with E-state index in [-0.39, 0.29) is 5.82 Å². The van der Waals surface area contributed by atoms with Gasteiger partial charge in [0.2, 0.25) is 11.6 Å². The zero-order valence-electron chi connectivity index (χ0n) is 8.71. The number of imidazole rings is 2. The minimum absolute atomic E-state index is 0.187. The summed E-state index contributed by atoms with van der Waals surface area (Å²) in [5, 5.41) is 12.2. The molecule has 8 heteroatoms. The van der Waals surface area contributed by atoms with Crippen LogP contribution in [0.2, 0.25) is 0 Å². The van der Waals surface area contributed by atoms with Crippen LogP contribution in [0.25, 0.3) is 17.3 Å². The molecule has 0 fully saturated rings. The molecule has 2 N–H and O–H groups in total. The first kappa shape index (κ1) is 9.58. The number of aryl methyl sites for hydroxylation is 1. The summed E-state index contributed by atoms with van der Waals surface area (Å²) in [5.41, 5.74) is 1.50. The Morgan fingerprint density at radius 3 is 3.06 bits per heavy atom. The Labute approximate surface area is 93.9 Å². The van der Waals surface area contributed by atoms with Crippen LogP contribution in [-0.2, 0) is 0 Å². The van der Waals surface area contributed by atoms with Crippen molar-refractivity contribution in [3.05, 3.63) is 24.0 Å². The minimum Gasteiger partial charge on any atom is -0.474 e. The van der Waals surface area contributed by atoms with E-state index in [2.05, 4.69) is 24.6 Å². The zero-order chi connectivity index (χ0) is 12.0. The van der Waals surface area contributed by atoms with Gasteiger partial charge in [-0.1, -0.05) is 5.16 Å². The number of aromatic nitrogens is 5. The van der Waals surface area contributed by atoms with Crippen molar-refractivity contribution in [2.75, 3.05) is 0 Å². The van der Waals surface area contributed by atoms with Crippen LogP contribution in [0.5, 0.6) is 0 Å². The lowest BCUT2D eigenvalue weighted by molar-refractivity contribution is 0.0643. The lowest BCUT2D eigenvalue weighted by Crippen LogP contribution is -1.95. The van der Waals surface area contributed by atoms with Gasteiger partial charge in [0.15, 0.2) is 0 Å². The largest absolute Gasteiger partial charge is 0.474 e. The molecule has 0 spiro atoms. The van der Waals surface area contributed by atoms with Crippen molar-refractivity contribution in [2.24, 2.45) is 0 Å². The number of carbonyl (C=O) groups is 1. The highest BCUT2D eigenvalue weighted by Gasteiger charge is 2.16. The van der Waals surface area contributed by atoms with Gasteiger partial charge in [-0.05, 0) is 6.92 Å². The number of aromatic carboxylic acids is 1. The molecule has 0 bridgehead atoms. The van der Waals surface area contributed by atoms with Crippen molar-refractivity contribution in [3.63, 3.8) is 0 Å². The molecule has 86 valence electrons. The van der Waals surface area contributed by atoms with Crippen molar-refractivity contribution >= 4 is 11.7 Å². The standard InChI is InChI=1S/C9H7N5O3/c1-4-2-10-9-11-5(3-14(4)9)6-12-7(8(15)16)17-13-6/h2-3H,1H3,(H,10,11)(H,15,16). The van der Waals surface area contributed by atoms with E-state index in [9.17, 15) is 4.79 Å². The average Bonchev–Trinajstić information content (AvgIpc) is 2.95. The fourth-order valence-corrected chi connectivity index (χ4v) is 1.52. The van der Waals surface area contributed by atoms with Crippen LogP contribution in [0.4, 0.5) is 0 Å². The van der Waals surface area contributed by atoms with E-state index in [0.29, 0.717) is 11.5 Å². The van der Waals surface area contributed by atoms with Crippen molar-refractivity contribution < 1.29 is 14.4 Å². The second-order valence-corrected chi connectivity index (χ2v) is 3.49. The molecule has 0 aromatic carbocycles. The Kier molecular flexibility index (Phi) is 1.79. The molecule has 0 unspecified atom stereocenters. The third kappa shape index (κ3) is 1.38. The van der Waals surface area contributed by atoms with E-state index in [4.69, 9.17) is 5.11 Å². The van der Waals surface area contributed by atoms with Crippen LogP contribution in [0.3, 0.4) is 0 Å². The maximum absolute atomic E-state index is 10.6. The molecule has 0 aliphatic carbocycles. The van der Waals surface area contributed by atoms with Crippen LogP contribution in [-0.4, -0.2) is 35.6 Å². The van der Waals surface area contributed by atoms with Gasteiger partial charge >= 0.3 is 11.9 Å². The lowest BCUT2D eigenvalue weighted by Gasteiger charge is -1.85. The van der Waals surface area contributed by atoms with Crippen molar-refractivity contribution in [3.8, 4) is 11.5 Å². The third-order valence-electron chi connectivity index (χ3n) is 2.34. The maximum Gasteiger partial charge on any atom is 0.394 e. The number of carboxylic acids is 1. The van der Waals surface area contributed by atoms with E-state index in [1.54, 1.807) is 12.4 Å². The van der Waals surface area contributed by atoms with Crippen LogP contribution >= 0.6 is 0 Å². The maximum atomic E-state index is 10.6. The number of rotatable bonds is 2. The quantitative estimate of drug-likeness (QED) is 0.674. The topological polar surface area (TPSA) is 109 Å². The summed E-state index contributed by atoms with van der Waals surface area (Å²) in [6.45, 7) is 1.90. The molecule has 3 aromatic rings. The first-order valence-electron chi connectivity index (χ1n) is 4.75.